The molecule has 0 saturated carbocycles. The molecule has 2 heterocycles. The van der Waals surface area contributed by atoms with E-state index in [4.69, 9.17) is 9.15 Å². The minimum absolute atomic E-state index is 0.00671. The number of hydrogen-bond acceptors (Lipinski definition) is 5. The molecule has 1 N–H and O–H groups in total. The summed E-state index contributed by atoms with van der Waals surface area (Å²) in [6, 6.07) is 6.58. The molecule has 28 heavy (non-hydrogen) atoms. The predicted octanol–water partition coefficient (Wildman–Crippen LogP) is 2.71. The van der Waals surface area contributed by atoms with Crippen molar-refractivity contribution in [2.45, 2.75) is 52.1 Å². The van der Waals surface area contributed by atoms with E-state index < -0.39 is 11.5 Å². The smallest absolute Gasteiger partial charge is 0.349 e. The van der Waals surface area contributed by atoms with Crippen LogP contribution in [-0.4, -0.2) is 41.9 Å². The zero-order valence-electron chi connectivity index (χ0n) is 16.5. The molecule has 7 nitrogen and oxygen atoms in total. The number of nitrogens with one attached hydrogen (secondary N) is 1. The maximum Gasteiger partial charge on any atom is 0.349 e. The molecule has 3 rings (SSSR count). The summed E-state index contributed by atoms with van der Waals surface area (Å²) in [5.74, 6) is 0.225. The SMILES string of the molecule is CCCOc1ccc2cc(C(=O)N(CC3CCC(=O)N3)C(C)C)c(=O)oc2c1. The Hall–Kier alpha value is -2.83. The van der Waals surface area contributed by atoms with Gasteiger partial charge in [-0.1, -0.05) is 6.92 Å². The van der Waals surface area contributed by atoms with Crippen molar-refractivity contribution in [2.75, 3.05) is 13.2 Å². The average Bonchev–Trinajstić information content (AvgIpc) is 3.08. The van der Waals surface area contributed by atoms with Gasteiger partial charge in [0.1, 0.15) is 16.9 Å². The second-order valence-corrected chi connectivity index (χ2v) is 7.35. The van der Waals surface area contributed by atoms with E-state index in [1.54, 1.807) is 29.2 Å². The van der Waals surface area contributed by atoms with Crippen molar-refractivity contribution in [3.63, 3.8) is 0 Å². The van der Waals surface area contributed by atoms with Crippen molar-refractivity contribution in [3.8, 4) is 5.75 Å². The van der Waals surface area contributed by atoms with Crippen molar-refractivity contribution in [3.05, 3.63) is 40.2 Å². The standard InChI is InChI=1S/C21H26N2O5/c1-4-9-27-16-7-5-14-10-17(21(26)28-18(14)11-16)20(25)23(13(2)3)12-15-6-8-19(24)22-15/h5,7,10-11,13,15H,4,6,8-9,12H2,1-3H3,(H,22,24). The molecule has 1 aliphatic heterocycles. The van der Waals surface area contributed by atoms with Gasteiger partial charge in [-0.3, -0.25) is 9.59 Å². The molecule has 2 amide bonds. The summed E-state index contributed by atoms with van der Waals surface area (Å²) in [6.07, 6.45) is 2.02. The molecular weight excluding hydrogens is 360 g/mol. The molecule has 0 spiro atoms. The number of fused-ring (bicyclic) bond motifs is 1. The lowest BCUT2D eigenvalue weighted by Gasteiger charge is -2.29. The Kier molecular flexibility index (Phi) is 6.02. The van der Waals surface area contributed by atoms with Crippen LogP contribution >= 0.6 is 0 Å². The maximum atomic E-state index is 13.1. The van der Waals surface area contributed by atoms with Crippen LogP contribution in [0.5, 0.6) is 5.75 Å². The molecule has 1 aliphatic rings. The van der Waals surface area contributed by atoms with Gasteiger partial charge in [0.25, 0.3) is 5.91 Å². The Labute approximate surface area is 163 Å². The Morgan fingerprint density at radius 1 is 1.32 bits per heavy atom. The van der Waals surface area contributed by atoms with E-state index in [0.29, 0.717) is 42.7 Å². The first-order valence-electron chi connectivity index (χ1n) is 9.70. The molecule has 150 valence electrons. The molecule has 1 fully saturated rings. The number of ether oxygens (including phenoxy) is 1. The molecule has 2 aromatic rings. The van der Waals surface area contributed by atoms with Gasteiger partial charge in [0.2, 0.25) is 5.91 Å². The van der Waals surface area contributed by atoms with Crippen LogP contribution in [0.4, 0.5) is 0 Å². The lowest BCUT2D eigenvalue weighted by atomic mass is 10.1. The van der Waals surface area contributed by atoms with Crippen LogP contribution in [0.2, 0.25) is 0 Å². The fraction of sp³-hybridized carbons (Fsp3) is 0.476. The molecule has 0 radical (unpaired) electrons. The normalized spacial score (nSPS) is 16.4. The van der Waals surface area contributed by atoms with Gasteiger partial charge >= 0.3 is 5.63 Å². The van der Waals surface area contributed by atoms with Gasteiger partial charge in [-0.05, 0) is 44.9 Å². The zero-order chi connectivity index (χ0) is 20.3. The minimum Gasteiger partial charge on any atom is -0.493 e. The number of hydrogen-bond donors (Lipinski definition) is 1. The summed E-state index contributed by atoms with van der Waals surface area (Å²) in [5.41, 5.74) is -0.298. The number of rotatable bonds is 7. The van der Waals surface area contributed by atoms with Crippen molar-refractivity contribution >= 4 is 22.8 Å². The minimum atomic E-state index is -0.675. The second kappa shape index (κ2) is 8.46. The Bertz CT molecular complexity index is 934. The molecule has 1 aromatic carbocycles. The lowest BCUT2D eigenvalue weighted by Crippen LogP contribution is -2.46. The second-order valence-electron chi connectivity index (χ2n) is 7.35. The van der Waals surface area contributed by atoms with Crippen LogP contribution in [0.15, 0.2) is 33.5 Å². The third kappa shape index (κ3) is 4.35. The van der Waals surface area contributed by atoms with Gasteiger partial charge in [0.05, 0.1) is 6.61 Å². The maximum absolute atomic E-state index is 13.1. The number of carbonyl (C=O) groups excluding carboxylic acids is 2. The molecule has 1 saturated heterocycles. The third-order valence-electron chi connectivity index (χ3n) is 4.80. The van der Waals surface area contributed by atoms with Crippen LogP contribution in [-0.2, 0) is 4.79 Å². The molecule has 1 aromatic heterocycles. The summed E-state index contributed by atoms with van der Waals surface area (Å²) >= 11 is 0. The van der Waals surface area contributed by atoms with Crippen molar-refractivity contribution in [1.29, 1.82) is 0 Å². The highest BCUT2D eigenvalue weighted by Gasteiger charge is 2.29. The van der Waals surface area contributed by atoms with Crippen LogP contribution in [0.3, 0.4) is 0 Å². The summed E-state index contributed by atoms with van der Waals surface area (Å²) in [4.78, 5) is 38.6. The predicted molar refractivity (Wildman–Crippen MR) is 106 cm³/mol. The van der Waals surface area contributed by atoms with Gasteiger partial charge in [0, 0.05) is 36.5 Å². The van der Waals surface area contributed by atoms with E-state index in [-0.39, 0.29) is 23.6 Å². The van der Waals surface area contributed by atoms with Crippen LogP contribution in [0.1, 0.15) is 50.4 Å². The molecule has 0 aliphatic carbocycles. The number of nitrogens with zero attached hydrogens (tertiary/aromatic N) is 1. The molecule has 1 unspecified atom stereocenters. The van der Waals surface area contributed by atoms with Crippen LogP contribution in [0.25, 0.3) is 11.0 Å². The van der Waals surface area contributed by atoms with E-state index in [2.05, 4.69) is 5.32 Å². The summed E-state index contributed by atoms with van der Waals surface area (Å²) in [7, 11) is 0. The fourth-order valence-corrected chi connectivity index (χ4v) is 3.28. The van der Waals surface area contributed by atoms with Gasteiger partial charge in [-0.25, -0.2) is 4.79 Å². The average molecular weight is 386 g/mol. The lowest BCUT2D eigenvalue weighted by molar-refractivity contribution is -0.119. The number of carbonyl (C=O) groups is 2. The monoisotopic (exact) mass is 386 g/mol. The summed E-state index contributed by atoms with van der Waals surface area (Å²) < 4.78 is 11.0. The summed E-state index contributed by atoms with van der Waals surface area (Å²) in [5, 5.41) is 3.52. The van der Waals surface area contributed by atoms with Crippen molar-refractivity contribution in [1.82, 2.24) is 10.2 Å². The van der Waals surface area contributed by atoms with Gasteiger partial charge in [-0.15, -0.1) is 0 Å². The molecule has 7 heteroatoms. The zero-order valence-corrected chi connectivity index (χ0v) is 16.5. The number of benzene rings is 1. The van der Waals surface area contributed by atoms with E-state index in [9.17, 15) is 14.4 Å². The third-order valence-corrected chi connectivity index (χ3v) is 4.80. The number of amides is 2. The van der Waals surface area contributed by atoms with E-state index in [1.165, 1.54) is 0 Å². The molecular formula is C21H26N2O5. The van der Waals surface area contributed by atoms with Crippen LogP contribution in [0, 0.1) is 0 Å². The topological polar surface area (TPSA) is 88.9 Å². The largest absolute Gasteiger partial charge is 0.493 e. The van der Waals surface area contributed by atoms with Crippen molar-refractivity contribution < 1.29 is 18.7 Å². The Balaban J connectivity index is 1.87. The Morgan fingerprint density at radius 2 is 2.11 bits per heavy atom. The fourth-order valence-electron chi connectivity index (χ4n) is 3.28. The highest BCUT2D eigenvalue weighted by molar-refractivity contribution is 5.97. The van der Waals surface area contributed by atoms with E-state index in [1.807, 2.05) is 20.8 Å². The van der Waals surface area contributed by atoms with Gasteiger partial charge < -0.3 is 19.4 Å². The highest BCUT2D eigenvalue weighted by Crippen LogP contribution is 2.22. The van der Waals surface area contributed by atoms with E-state index >= 15 is 0 Å². The van der Waals surface area contributed by atoms with Gasteiger partial charge in [0.15, 0.2) is 0 Å². The van der Waals surface area contributed by atoms with E-state index in [0.717, 1.165) is 6.42 Å². The van der Waals surface area contributed by atoms with Crippen molar-refractivity contribution in [2.24, 2.45) is 0 Å². The quantitative estimate of drug-likeness (QED) is 0.739. The van der Waals surface area contributed by atoms with Gasteiger partial charge in [-0.2, -0.15) is 0 Å². The molecule has 1 atom stereocenters. The first-order chi connectivity index (χ1) is 13.4. The van der Waals surface area contributed by atoms with Crippen LogP contribution < -0.4 is 15.7 Å². The Morgan fingerprint density at radius 3 is 2.75 bits per heavy atom. The highest BCUT2D eigenvalue weighted by atomic mass is 16.5. The summed E-state index contributed by atoms with van der Waals surface area (Å²) in [6.45, 7) is 6.72. The first kappa shape index (κ1) is 19.9. The first-order valence-corrected chi connectivity index (χ1v) is 9.70. The molecule has 0 bridgehead atoms.